The van der Waals surface area contributed by atoms with E-state index in [4.69, 9.17) is 9.47 Å². The SMILES string of the molecule is c1cnc(OC2COC3(CCN(Cc4cccs4)C3)C2)nc1. The summed E-state index contributed by atoms with van der Waals surface area (Å²) in [4.78, 5) is 12.1. The Balaban J connectivity index is 1.34. The summed E-state index contributed by atoms with van der Waals surface area (Å²) in [6, 6.07) is 6.55. The van der Waals surface area contributed by atoms with Gasteiger partial charge in [-0.3, -0.25) is 4.90 Å². The van der Waals surface area contributed by atoms with Crippen LogP contribution in [0.5, 0.6) is 6.01 Å². The maximum absolute atomic E-state index is 6.12. The van der Waals surface area contributed by atoms with E-state index in [1.165, 1.54) is 4.88 Å². The van der Waals surface area contributed by atoms with Gasteiger partial charge in [-0.25, -0.2) is 9.97 Å². The topological polar surface area (TPSA) is 47.5 Å². The van der Waals surface area contributed by atoms with Gasteiger partial charge in [0.15, 0.2) is 0 Å². The van der Waals surface area contributed by atoms with Crippen LogP contribution in [-0.2, 0) is 11.3 Å². The number of thiophene rings is 1. The Morgan fingerprint density at radius 3 is 3.09 bits per heavy atom. The third kappa shape index (κ3) is 2.99. The van der Waals surface area contributed by atoms with Gasteiger partial charge in [0.2, 0.25) is 0 Å². The van der Waals surface area contributed by atoms with Gasteiger partial charge >= 0.3 is 6.01 Å². The number of aromatic nitrogens is 2. The molecule has 0 radical (unpaired) electrons. The molecule has 2 atom stereocenters. The van der Waals surface area contributed by atoms with E-state index in [0.717, 1.165) is 32.5 Å². The normalized spacial score (nSPS) is 28.5. The summed E-state index contributed by atoms with van der Waals surface area (Å²) >= 11 is 1.82. The second-order valence-corrected chi connectivity index (χ2v) is 7.04. The smallest absolute Gasteiger partial charge is 0.316 e. The molecular weight excluding hydrogens is 298 g/mol. The fourth-order valence-electron chi connectivity index (χ4n) is 3.34. The molecule has 2 aliphatic heterocycles. The van der Waals surface area contributed by atoms with Gasteiger partial charge in [0, 0.05) is 43.3 Å². The summed E-state index contributed by atoms with van der Waals surface area (Å²) in [5, 5.41) is 2.14. The van der Waals surface area contributed by atoms with Crippen LogP contribution in [-0.4, -0.2) is 46.3 Å². The lowest BCUT2D eigenvalue weighted by molar-refractivity contribution is 0.00917. The molecule has 2 unspecified atom stereocenters. The maximum atomic E-state index is 6.12. The van der Waals surface area contributed by atoms with E-state index in [1.807, 2.05) is 11.3 Å². The van der Waals surface area contributed by atoms with Crippen LogP contribution >= 0.6 is 11.3 Å². The molecule has 2 aliphatic rings. The van der Waals surface area contributed by atoms with Crippen molar-refractivity contribution in [3.8, 4) is 6.01 Å². The fraction of sp³-hybridized carbons (Fsp3) is 0.500. The van der Waals surface area contributed by atoms with Crippen molar-refractivity contribution in [2.45, 2.75) is 31.1 Å². The Morgan fingerprint density at radius 1 is 1.36 bits per heavy atom. The zero-order valence-electron chi connectivity index (χ0n) is 12.4. The van der Waals surface area contributed by atoms with Crippen LogP contribution in [0.4, 0.5) is 0 Å². The highest BCUT2D eigenvalue weighted by Crippen LogP contribution is 2.36. The molecule has 0 aromatic carbocycles. The zero-order chi connectivity index (χ0) is 14.8. The Kier molecular flexibility index (Phi) is 3.82. The van der Waals surface area contributed by atoms with E-state index in [0.29, 0.717) is 12.6 Å². The summed E-state index contributed by atoms with van der Waals surface area (Å²) in [5.41, 5.74) is -0.0449. The number of hydrogen-bond acceptors (Lipinski definition) is 6. The predicted molar refractivity (Wildman–Crippen MR) is 84.0 cm³/mol. The van der Waals surface area contributed by atoms with Crippen LogP contribution in [0.25, 0.3) is 0 Å². The maximum Gasteiger partial charge on any atom is 0.316 e. The molecule has 2 aromatic heterocycles. The third-order valence-corrected chi connectivity index (χ3v) is 5.21. The second-order valence-electron chi connectivity index (χ2n) is 6.01. The quantitative estimate of drug-likeness (QED) is 0.866. The summed E-state index contributed by atoms with van der Waals surface area (Å²) in [7, 11) is 0. The molecule has 1 spiro atoms. The molecule has 0 N–H and O–H groups in total. The minimum absolute atomic E-state index is 0.0449. The first-order chi connectivity index (χ1) is 10.8. The van der Waals surface area contributed by atoms with Crippen LogP contribution in [0.2, 0.25) is 0 Å². The van der Waals surface area contributed by atoms with E-state index in [9.17, 15) is 0 Å². The van der Waals surface area contributed by atoms with Gasteiger partial charge in [-0.2, -0.15) is 0 Å². The average Bonchev–Trinajstić information content (AvgIpc) is 3.25. The Bertz CT molecular complexity index is 607. The van der Waals surface area contributed by atoms with Gasteiger partial charge in [-0.1, -0.05) is 6.07 Å². The van der Waals surface area contributed by atoms with E-state index in [2.05, 4.69) is 32.4 Å². The molecule has 4 heterocycles. The summed E-state index contributed by atoms with van der Waals surface area (Å²) in [6.07, 6.45) is 5.46. The van der Waals surface area contributed by atoms with Crippen molar-refractivity contribution in [2.75, 3.05) is 19.7 Å². The molecule has 0 saturated carbocycles. The molecule has 6 heteroatoms. The molecule has 5 nitrogen and oxygen atoms in total. The number of nitrogens with zero attached hydrogens (tertiary/aromatic N) is 3. The monoisotopic (exact) mass is 317 g/mol. The molecule has 2 saturated heterocycles. The molecule has 116 valence electrons. The summed E-state index contributed by atoms with van der Waals surface area (Å²) < 4.78 is 12.0. The van der Waals surface area contributed by atoms with E-state index in [1.54, 1.807) is 18.5 Å². The van der Waals surface area contributed by atoms with Gasteiger partial charge in [0.1, 0.15) is 6.10 Å². The molecule has 0 aliphatic carbocycles. The number of likely N-dealkylation sites (tertiary alicyclic amines) is 1. The average molecular weight is 317 g/mol. The van der Waals surface area contributed by atoms with Crippen LogP contribution in [0, 0.1) is 0 Å². The van der Waals surface area contributed by atoms with Gasteiger partial charge < -0.3 is 9.47 Å². The van der Waals surface area contributed by atoms with Crippen LogP contribution in [0.3, 0.4) is 0 Å². The van der Waals surface area contributed by atoms with Crippen LogP contribution < -0.4 is 4.74 Å². The highest BCUT2D eigenvalue weighted by molar-refractivity contribution is 7.09. The van der Waals surface area contributed by atoms with Crippen molar-refractivity contribution >= 4 is 11.3 Å². The van der Waals surface area contributed by atoms with Gasteiger partial charge in [-0.05, 0) is 23.9 Å². The molecule has 2 fully saturated rings. The van der Waals surface area contributed by atoms with Crippen LogP contribution in [0.15, 0.2) is 36.0 Å². The number of rotatable bonds is 4. The Morgan fingerprint density at radius 2 is 2.27 bits per heavy atom. The van der Waals surface area contributed by atoms with E-state index < -0.39 is 0 Å². The minimum Gasteiger partial charge on any atom is -0.458 e. The van der Waals surface area contributed by atoms with Crippen molar-refractivity contribution in [1.29, 1.82) is 0 Å². The van der Waals surface area contributed by atoms with Crippen LogP contribution in [0.1, 0.15) is 17.7 Å². The number of hydrogen-bond donors (Lipinski definition) is 0. The summed E-state index contributed by atoms with van der Waals surface area (Å²) in [6.45, 7) is 3.73. The molecule has 4 rings (SSSR count). The fourth-order valence-corrected chi connectivity index (χ4v) is 4.09. The molecule has 2 aromatic rings. The van der Waals surface area contributed by atoms with Crippen molar-refractivity contribution in [3.05, 3.63) is 40.8 Å². The third-order valence-electron chi connectivity index (χ3n) is 4.34. The van der Waals surface area contributed by atoms with Gasteiger partial charge in [0.25, 0.3) is 0 Å². The first kappa shape index (κ1) is 14.1. The highest BCUT2D eigenvalue weighted by Gasteiger charge is 2.46. The van der Waals surface area contributed by atoms with E-state index >= 15 is 0 Å². The zero-order valence-corrected chi connectivity index (χ0v) is 13.2. The predicted octanol–water partition coefficient (Wildman–Crippen LogP) is 2.35. The van der Waals surface area contributed by atoms with E-state index in [-0.39, 0.29) is 11.7 Å². The molecular formula is C16H19N3O2S. The minimum atomic E-state index is -0.0449. The van der Waals surface area contributed by atoms with Gasteiger partial charge in [-0.15, -0.1) is 11.3 Å². The molecule has 22 heavy (non-hydrogen) atoms. The van der Waals surface area contributed by atoms with Crippen molar-refractivity contribution in [2.24, 2.45) is 0 Å². The lowest BCUT2D eigenvalue weighted by Crippen LogP contribution is -2.33. The lowest BCUT2D eigenvalue weighted by Gasteiger charge is -2.23. The first-order valence-electron chi connectivity index (χ1n) is 7.64. The Labute approximate surface area is 133 Å². The number of ether oxygens (including phenoxy) is 2. The van der Waals surface area contributed by atoms with Crippen molar-refractivity contribution < 1.29 is 9.47 Å². The van der Waals surface area contributed by atoms with Crippen molar-refractivity contribution in [3.63, 3.8) is 0 Å². The highest BCUT2D eigenvalue weighted by atomic mass is 32.1. The second kappa shape index (κ2) is 5.95. The summed E-state index contributed by atoms with van der Waals surface area (Å²) in [5.74, 6) is 0. The molecule has 0 bridgehead atoms. The first-order valence-corrected chi connectivity index (χ1v) is 8.52. The largest absolute Gasteiger partial charge is 0.458 e. The van der Waals surface area contributed by atoms with Gasteiger partial charge in [0.05, 0.1) is 12.2 Å². The standard InChI is InChI=1S/C16H19N3O2S/c1-3-14(22-8-1)10-19-7-4-16(12-19)9-13(11-20-16)21-15-17-5-2-6-18-15/h1-3,5-6,8,13H,4,7,9-12H2. The molecule has 0 amide bonds. The Hall–Kier alpha value is -1.50. The lowest BCUT2D eigenvalue weighted by atomic mass is 9.98. The van der Waals surface area contributed by atoms with Crippen molar-refractivity contribution in [1.82, 2.24) is 14.9 Å².